The highest BCUT2D eigenvalue weighted by atomic mass is 31.2. The lowest BCUT2D eigenvalue weighted by atomic mass is 10.2. The molecule has 0 bridgehead atoms. The summed E-state index contributed by atoms with van der Waals surface area (Å²) in [5.74, 6) is -1.24. The van der Waals surface area contributed by atoms with Crippen molar-refractivity contribution in [3.8, 4) is 23.0 Å². The first-order valence-electron chi connectivity index (χ1n) is 7.92. The van der Waals surface area contributed by atoms with E-state index in [0.717, 1.165) is 0 Å². The van der Waals surface area contributed by atoms with Gasteiger partial charge in [-0.3, -0.25) is 0 Å². The van der Waals surface area contributed by atoms with Crippen LogP contribution in [0.4, 0.5) is 0 Å². The Balaban J connectivity index is 0.00000420. The molecule has 2 rings (SSSR count). The Bertz CT molecular complexity index is 886. The van der Waals surface area contributed by atoms with E-state index in [0.29, 0.717) is 0 Å². The van der Waals surface area contributed by atoms with Crippen molar-refractivity contribution in [1.29, 1.82) is 0 Å². The average Bonchev–Trinajstić information content (AvgIpc) is 2.68. The van der Waals surface area contributed by atoms with Crippen molar-refractivity contribution in [2.45, 2.75) is 7.43 Å². The Kier molecular flexibility index (Phi) is 8.09. The van der Waals surface area contributed by atoms with E-state index >= 15 is 0 Å². The van der Waals surface area contributed by atoms with E-state index in [1.54, 1.807) is 6.66 Å². The number of hydrogen-bond acceptors (Lipinski definition) is 7. The fraction of sp³-hybridized carbons (Fsp3) is 0.263. The average molecular weight is 425 g/mol. The summed E-state index contributed by atoms with van der Waals surface area (Å²) in [6, 6.07) is 8.34. The molecule has 2 aromatic rings. The number of nitrogens with zero attached hydrogens (tertiary/aromatic N) is 1. The maximum Gasteiger partial charge on any atom is 0.335 e. The number of hydrogen-bond donors (Lipinski definition) is 2. The zero-order valence-corrected chi connectivity index (χ0v) is 16.6. The SMILES string of the molecule is C.CN=P(C)(Oc1ccc(C(=O)O)cc1OC)Oc1ccc(C(=O)O)cc1OC. The molecule has 2 aromatic carbocycles. The van der Waals surface area contributed by atoms with E-state index < -0.39 is 19.4 Å². The third kappa shape index (κ3) is 5.65. The quantitative estimate of drug-likeness (QED) is 0.593. The lowest BCUT2D eigenvalue weighted by Crippen LogP contribution is -2.04. The zero-order chi connectivity index (χ0) is 20.9. The standard InChI is InChI=1S/C18H20NO8P.CH4/c1-19-28(4,26-13-7-5-11(17(20)21)9-15(13)24-2)27-14-8-6-12(18(22)23)10-16(14)25-3;/h5-10H,1-4H3,(H,20,21)(H,22,23);1H4. The second-order valence-electron chi connectivity index (χ2n) is 5.53. The molecule has 0 aromatic heterocycles. The molecule has 0 unspecified atom stereocenters. The molecule has 0 aliphatic heterocycles. The molecule has 2 N–H and O–H groups in total. The van der Waals surface area contributed by atoms with Crippen LogP contribution >= 0.6 is 7.51 Å². The van der Waals surface area contributed by atoms with Gasteiger partial charge in [0.2, 0.25) is 0 Å². The topological polar surface area (TPSA) is 124 Å². The normalized spacial score (nSPS) is 10.3. The summed E-state index contributed by atoms with van der Waals surface area (Å²) in [6.07, 6.45) is 0. The van der Waals surface area contributed by atoms with E-state index in [1.165, 1.54) is 57.7 Å². The molecule has 29 heavy (non-hydrogen) atoms. The third-order valence-electron chi connectivity index (χ3n) is 3.72. The third-order valence-corrected chi connectivity index (χ3v) is 5.52. The van der Waals surface area contributed by atoms with Crippen molar-refractivity contribution < 1.29 is 38.3 Å². The minimum absolute atomic E-state index is 0. The highest BCUT2D eigenvalue weighted by Crippen LogP contribution is 2.51. The van der Waals surface area contributed by atoms with Gasteiger partial charge in [-0.05, 0) is 36.4 Å². The van der Waals surface area contributed by atoms with Crippen molar-refractivity contribution >= 4 is 19.4 Å². The highest BCUT2D eigenvalue weighted by molar-refractivity contribution is 7.56. The van der Waals surface area contributed by atoms with E-state index in [1.807, 2.05) is 0 Å². The van der Waals surface area contributed by atoms with Crippen LogP contribution in [-0.4, -0.2) is 50.1 Å². The molecule has 9 nitrogen and oxygen atoms in total. The fourth-order valence-electron chi connectivity index (χ4n) is 2.22. The Morgan fingerprint density at radius 2 is 1.21 bits per heavy atom. The van der Waals surface area contributed by atoms with Crippen LogP contribution in [0.1, 0.15) is 28.1 Å². The smallest absolute Gasteiger partial charge is 0.335 e. The summed E-state index contributed by atoms with van der Waals surface area (Å²) in [4.78, 5) is 22.2. The van der Waals surface area contributed by atoms with Crippen LogP contribution in [0.15, 0.2) is 41.1 Å². The van der Waals surface area contributed by atoms with Gasteiger partial charge >= 0.3 is 19.4 Å². The molecular formula is C19H24NO8P. The molecule has 0 aliphatic rings. The number of ether oxygens (including phenoxy) is 2. The van der Waals surface area contributed by atoms with Gasteiger partial charge < -0.3 is 28.7 Å². The first-order chi connectivity index (χ1) is 13.2. The number of carboxylic acids is 2. The lowest BCUT2D eigenvalue weighted by molar-refractivity contribution is 0.0685. The first kappa shape index (κ1) is 23.8. The molecule has 0 radical (unpaired) electrons. The van der Waals surface area contributed by atoms with Gasteiger partial charge in [0.15, 0.2) is 23.0 Å². The Morgan fingerprint density at radius 3 is 1.48 bits per heavy atom. The van der Waals surface area contributed by atoms with Crippen LogP contribution in [0.5, 0.6) is 23.0 Å². The molecule has 0 saturated heterocycles. The monoisotopic (exact) mass is 425 g/mol. The van der Waals surface area contributed by atoms with Crippen LogP contribution in [0.3, 0.4) is 0 Å². The molecule has 0 aliphatic carbocycles. The lowest BCUT2D eigenvalue weighted by Gasteiger charge is -2.23. The second kappa shape index (κ2) is 9.84. The summed E-state index contributed by atoms with van der Waals surface area (Å²) < 4.78 is 26.5. The van der Waals surface area contributed by atoms with Crippen molar-refractivity contribution in [2.24, 2.45) is 4.74 Å². The Hall–Kier alpha value is -3.19. The zero-order valence-electron chi connectivity index (χ0n) is 15.7. The summed E-state index contributed by atoms with van der Waals surface area (Å²) in [7, 11) is 1.42. The van der Waals surface area contributed by atoms with Crippen molar-refractivity contribution in [3.63, 3.8) is 0 Å². The first-order valence-corrected chi connectivity index (χ1v) is 9.95. The molecule has 10 heteroatoms. The Morgan fingerprint density at radius 1 is 0.828 bits per heavy atom. The molecule has 0 saturated carbocycles. The Labute approximate surface area is 169 Å². The highest BCUT2D eigenvalue weighted by Gasteiger charge is 2.23. The van der Waals surface area contributed by atoms with E-state index in [-0.39, 0.29) is 41.6 Å². The maximum atomic E-state index is 11.1. The maximum absolute atomic E-state index is 11.1. The molecule has 158 valence electrons. The molecule has 0 fully saturated rings. The molecule has 0 atom stereocenters. The predicted molar refractivity (Wildman–Crippen MR) is 109 cm³/mol. The van der Waals surface area contributed by atoms with Crippen molar-refractivity contribution in [1.82, 2.24) is 0 Å². The van der Waals surface area contributed by atoms with Crippen molar-refractivity contribution in [3.05, 3.63) is 47.5 Å². The summed E-state index contributed by atoms with van der Waals surface area (Å²) in [6.45, 7) is 1.64. The summed E-state index contributed by atoms with van der Waals surface area (Å²) in [5.41, 5.74) is 0.0917. The number of carboxylic acid groups (broad SMARTS) is 2. The fourth-order valence-corrected chi connectivity index (χ4v) is 3.45. The van der Waals surface area contributed by atoms with Crippen LogP contribution in [-0.2, 0) is 0 Å². The van der Waals surface area contributed by atoms with E-state index in [2.05, 4.69) is 4.74 Å². The minimum Gasteiger partial charge on any atom is -0.493 e. The number of rotatable bonds is 8. The number of benzene rings is 2. The van der Waals surface area contributed by atoms with Crippen LogP contribution in [0.25, 0.3) is 0 Å². The number of methoxy groups -OCH3 is 2. The van der Waals surface area contributed by atoms with Gasteiger partial charge in [0.05, 0.1) is 25.3 Å². The predicted octanol–water partition coefficient (Wildman–Crippen LogP) is 4.48. The van der Waals surface area contributed by atoms with E-state index in [4.69, 9.17) is 28.7 Å². The van der Waals surface area contributed by atoms with Gasteiger partial charge in [-0.25, -0.2) is 14.3 Å². The van der Waals surface area contributed by atoms with Gasteiger partial charge in [0, 0.05) is 13.7 Å². The molecule has 0 heterocycles. The van der Waals surface area contributed by atoms with Crippen molar-refractivity contribution in [2.75, 3.05) is 27.9 Å². The van der Waals surface area contributed by atoms with Gasteiger partial charge in [0.25, 0.3) is 0 Å². The minimum atomic E-state index is -2.88. The van der Waals surface area contributed by atoms with E-state index in [9.17, 15) is 9.59 Å². The number of aromatic carboxylic acids is 2. The van der Waals surface area contributed by atoms with Crippen LogP contribution in [0.2, 0.25) is 0 Å². The van der Waals surface area contributed by atoms with Gasteiger partial charge in [-0.2, -0.15) is 0 Å². The molecular weight excluding hydrogens is 401 g/mol. The van der Waals surface area contributed by atoms with Crippen LogP contribution < -0.4 is 18.5 Å². The van der Waals surface area contributed by atoms with Gasteiger partial charge in [-0.1, -0.05) is 7.43 Å². The summed E-state index contributed by atoms with van der Waals surface area (Å²) >= 11 is 0. The van der Waals surface area contributed by atoms with Crippen LogP contribution in [0, 0.1) is 0 Å². The number of carbonyl (C=O) groups is 2. The van der Waals surface area contributed by atoms with Gasteiger partial charge in [0.1, 0.15) is 0 Å². The molecule has 0 amide bonds. The largest absolute Gasteiger partial charge is 0.493 e. The van der Waals surface area contributed by atoms with Gasteiger partial charge in [-0.15, -0.1) is 0 Å². The summed E-state index contributed by atoms with van der Waals surface area (Å²) in [5, 5.41) is 18.2. The second-order valence-corrected chi connectivity index (χ2v) is 7.90. The molecule has 0 spiro atoms.